The molecule has 1 aromatic carbocycles. The van der Waals surface area contributed by atoms with Crippen LogP contribution in [0.25, 0.3) is 11.5 Å². The van der Waals surface area contributed by atoms with Crippen molar-refractivity contribution in [2.75, 3.05) is 5.32 Å². The Morgan fingerprint density at radius 2 is 2.00 bits per heavy atom. The van der Waals surface area contributed by atoms with Crippen molar-refractivity contribution < 1.29 is 9.18 Å². The first-order valence-corrected chi connectivity index (χ1v) is 9.89. The number of halogens is 1. The second-order valence-corrected chi connectivity index (χ2v) is 8.31. The zero-order valence-electron chi connectivity index (χ0n) is 16.7. The van der Waals surface area contributed by atoms with Crippen LogP contribution in [-0.2, 0) is 29.6 Å². The van der Waals surface area contributed by atoms with Crippen LogP contribution in [-0.4, -0.2) is 25.7 Å². The van der Waals surface area contributed by atoms with Crippen LogP contribution in [0.3, 0.4) is 0 Å². The molecule has 0 atom stereocenters. The SMILES string of the molecule is Cc1nc(-c2nn(Cc3ccccc3F)c3c2CCC3)nc2c1C(C)(C)C(=O)N2. The first-order chi connectivity index (χ1) is 13.9. The van der Waals surface area contributed by atoms with Gasteiger partial charge in [0.05, 0.1) is 12.0 Å². The van der Waals surface area contributed by atoms with E-state index in [1.54, 1.807) is 12.1 Å². The maximum Gasteiger partial charge on any atom is 0.235 e. The minimum absolute atomic E-state index is 0.0719. The molecule has 1 N–H and O–H groups in total. The molecule has 1 aliphatic heterocycles. The Labute approximate surface area is 168 Å². The lowest BCUT2D eigenvalue weighted by molar-refractivity contribution is -0.119. The van der Waals surface area contributed by atoms with Crippen molar-refractivity contribution in [3.63, 3.8) is 0 Å². The lowest BCUT2D eigenvalue weighted by atomic mass is 9.86. The van der Waals surface area contributed by atoms with E-state index in [1.165, 1.54) is 6.07 Å². The molecule has 148 valence electrons. The van der Waals surface area contributed by atoms with E-state index in [2.05, 4.69) is 10.3 Å². The highest BCUT2D eigenvalue weighted by Gasteiger charge is 2.42. The Morgan fingerprint density at radius 1 is 1.21 bits per heavy atom. The maximum absolute atomic E-state index is 14.2. The van der Waals surface area contributed by atoms with Crippen LogP contribution in [0.2, 0.25) is 0 Å². The molecule has 0 spiro atoms. The molecule has 5 rings (SSSR count). The molecule has 0 saturated carbocycles. The molecule has 2 aliphatic rings. The summed E-state index contributed by atoms with van der Waals surface area (Å²) in [6.07, 6.45) is 2.84. The van der Waals surface area contributed by atoms with E-state index in [9.17, 15) is 9.18 Å². The molecule has 0 saturated heterocycles. The Balaban J connectivity index is 1.60. The third-order valence-electron chi connectivity index (χ3n) is 6.01. The number of aryl methyl sites for hydroxylation is 1. The Bertz CT molecular complexity index is 1160. The van der Waals surface area contributed by atoms with Crippen molar-refractivity contribution in [2.24, 2.45) is 0 Å². The van der Waals surface area contributed by atoms with E-state index in [0.717, 1.165) is 47.5 Å². The molecule has 0 fully saturated rings. The van der Waals surface area contributed by atoms with Gasteiger partial charge in [-0.2, -0.15) is 5.10 Å². The van der Waals surface area contributed by atoms with Gasteiger partial charge in [-0.25, -0.2) is 14.4 Å². The first-order valence-electron chi connectivity index (χ1n) is 9.89. The van der Waals surface area contributed by atoms with Crippen LogP contribution in [0.4, 0.5) is 10.2 Å². The number of nitrogens with zero attached hydrogens (tertiary/aromatic N) is 4. The molecule has 6 nitrogen and oxygen atoms in total. The highest BCUT2D eigenvalue weighted by atomic mass is 19.1. The van der Waals surface area contributed by atoms with E-state index in [0.29, 0.717) is 23.8 Å². The molecule has 0 bridgehead atoms. The fourth-order valence-electron chi connectivity index (χ4n) is 4.50. The quantitative estimate of drug-likeness (QED) is 0.741. The summed E-state index contributed by atoms with van der Waals surface area (Å²) >= 11 is 0. The van der Waals surface area contributed by atoms with Gasteiger partial charge in [-0.05, 0) is 46.1 Å². The molecule has 0 radical (unpaired) electrons. The van der Waals surface area contributed by atoms with Crippen molar-refractivity contribution in [2.45, 2.75) is 52.0 Å². The maximum atomic E-state index is 14.2. The summed E-state index contributed by atoms with van der Waals surface area (Å²) in [6, 6.07) is 6.78. The number of rotatable bonds is 3. The number of aromatic nitrogens is 4. The van der Waals surface area contributed by atoms with Gasteiger partial charge in [-0.3, -0.25) is 9.48 Å². The van der Waals surface area contributed by atoms with Crippen LogP contribution >= 0.6 is 0 Å². The molecular formula is C22H22FN5O. The van der Waals surface area contributed by atoms with Gasteiger partial charge in [-0.15, -0.1) is 0 Å². The van der Waals surface area contributed by atoms with Crippen LogP contribution in [0.1, 0.15) is 48.3 Å². The van der Waals surface area contributed by atoms with Crippen LogP contribution in [0.5, 0.6) is 0 Å². The van der Waals surface area contributed by atoms with Gasteiger partial charge in [-0.1, -0.05) is 18.2 Å². The highest BCUT2D eigenvalue weighted by molar-refractivity contribution is 6.05. The summed E-state index contributed by atoms with van der Waals surface area (Å²) in [5.74, 6) is 0.783. The van der Waals surface area contributed by atoms with Crippen molar-refractivity contribution >= 4 is 11.7 Å². The number of nitrogens with one attached hydrogen (secondary N) is 1. The molecule has 1 aliphatic carbocycles. The normalized spacial score (nSPS) is 16.6. The molecule has 1 amide bonds. The Kier molecular flexibility index (Phi) is 3.84. The van der Waals surface area contributed by atoms with E-state index in [1.807, 2.05) is 31.5 Å². The molecule has 7 heteroatoms. The van der Waals surface area contributed by atoms with E-state index in [-0.39, 0.29) is 11.7 Å². The molecule has 3 heterocycles. The average molecular weight is 391 g/mol. The second kappa shape index (κ2) is 6.20. The number of carbonyl (C=O) groups excluding carboxylic acids is 1. The molecular weight excluding hydrogens is 369 g/mol. The first kappa shape index (κ1) is 18.0. The van der Waals surface area contributed by atoms with Crippen molar-refractivity contribution in [1.29, 1.82) is 0 Å². The third-order valence-corrected chi connectivity index (χ3v) is 6.01. The topological polar surface area (TPSA) is 72.7 Å². The molecule has 2 aromatic heterocycles. The lowest BCUT2D eigenvalue weighted by Crippen LogP contribution is -2.27. The fraction of sp³-hybridized carbons (Fsp3) is 0.364. The number of anilines is 1. The predicted octanol–water partition coefficient (Wildman–Crippen LogP) is 3.55. The minimum Gasteiger partial charge on any atom is -0.310 e. The minimum atomic E-state index is -0.649. The Hall–Kier alpha value is -3.09. The Morgan fingerprint density at radius 3 is 2.79 bits per heavy atom. The standard InChI is InChI=1S/C22H22FN5O/c1-12-17-19(26-21(29)22(17,2)3)25-20(24-12)18-14-8-6-10-16(14)28(27-18)11-13-7-4-5-9-15(13)23/h4-5,7,9H,6,8,10-11H2,1-3H3,(H,24,25,26,29). The second-order valence-electron chi connectivity index (χ2n) is 8.31. The lowest BCUT2D eigenvalue weighted by Gasteiger charge is -2.16. The van der Waals surface area contributed by atoms with E-state index in [4.69, 9.17) is 10.1 Å². The van der Waals surface area contributed by atoms with Crippen molar-refractivity contribution in [1.82, 2.24) is 19.7 Å². The highest BCUT2D eigenvalue weighted by Crippen LogP contribution is 2.39. The molecule has 0 unspecified atom stereocenters. The summed E-state index contributed by atoms with van der Waals surface area (Å²) < 4.78 is 16.0. The van der Waals surface area contributed by atoms with E-state index >= 15 is 0 Å². The average Bonchev–Trinajstić information content (AvgIpc) is 3.32. The van der Waals surface area contributed by atoms with E-state index < -0.39 is 5.41 Å². The number of hydrogen-bond donors (Lipinski definition) is 1. The van der Waals surface area contributed by atoms with Gasteiger partial charge in [0, 0.05) is 28.1 Å². The van der Waals surface area contributed by atoms with Crippen molar-refractivity contribution in [3.8, 4) is 11.5 Å². The van der Waals surface area contributed by atoms with Gasteiger partial charge in [0.2, 0.25) is 5.91 Å². The van der Waals surface area contributed by atoms with Gasteiger partial charge in [0.1, 0.15) is 17.3 Å². The molecule has 29 heavy (non-hydrogen) atoms. The summed E-state index contributed by atoms with van der Waals surface area (Å²) in [7, 11) is 0. The summed E-state index contributed by atoms with van der Waals surface area (Å²) in [5, 5.41) is 7.66. The zero-order chi connectivity index (χ0) is 20.3. The third kappa shape index (κ3) is 2.68. The van der Waals surface area contributed by atoms with Crippen LogP contribution in [0.15, 0.2) is 24.3 Å². The smallest absolute Gasteiger partial charge is 0.235 e. The summed E-state index contributed by atoms with van der Waals surface area (Å²) in [5.41, 5.74) is 4.57. The number of hydrogen-bond acceptors (Lipinski definition) is 4. The number of fused-ring (bicyclic) bond motifs is 2. The monoisotopic (exact) mass is 391 g/mol. The van der Waals surface area contributed by atoms with Gasteiger partial charge in [0.15, 0.2) is 5.82 Å². The number of carbonyl (C=O) groups is 1. The predicted molar refractivity (Wildman–Crippen MR) is 107 cm³/mol. The van der Waals surface area contributed by atoms with Gasteiger partial charge in [0.25, 0.3) is 0 Å². The van der Waals surface area contributed by atoms with Gasteiger partial charge >= 0.3 is 0 Å². The fourth-order valence-corrected chi connectivity index (χ4v) is 4.50. The number of benzene rings is 1. The number of amides is 1. The van der Waals surface area contributed by atoms with Crippen LogP contribution in [0, 0.1) is 12.7 Å². The zero-order valence-corrected chi connectivity index (χ0v) is 16.7. The van der Waals surface area contributed by atoms with Gasteiger partial charge < -0.3 is 5.32 Å². The summed E-state index contributed by atoms with van der Waals surface area (Å²) in [6.45, 7) is 6.04. The summed E-state index contributed by atoms with van der Waals surface area (Å²) in [4.78, 5) is 21.7. The van der Waals surface area contributed by atoms with Crippen LogP contribution < -0.4 is 5.32 Å². The van der Waals surface area contributed by atoms with Crippen molar-refractivity contribution in [3.05, 3.63) is 58.2 Å². The largest absolute Gasteiger partial charge is 0.310 e. The molecule has 3 aromatic rings.